The minimum absolute atomic E-state index is 0.0416. The second-order valence-electron chi connectivity index (χ2n) is 4.44. The van der Waals surface area contributed by atoms with Gasteiger partial charge in [-0.15, -0.1) is 0 Å². The van der Waals surface area contributed by atoms with Crippen molar-refractivity contribution >= 4 is 17.5 Å². The Morgan fingerprint density at radius 1 is 1.71 bits per heavy atom. The Balaban J connectivity index is 2.12. The second kappa shape index (κ2) is 5.10. The molecule has 1 heterocycles. The van der Waals surface area contributed by atoms with Gasteiger partial charge >= 0.3 is 0 Å². The monoisotopic (exact) mass is 256 g/mol. The zero-order valence-electron chi connectivity index (χ0n) is 9.82. The number of nitrogens with zero attached hydrogens (tertiary/aromatic N) is 1. The van der Waals surface area contributed by atoms with Crippen molar-refractivity contribution < 1.29 is 9.90 Å². The number of rotatable bonds is 5. The first kappa shape index (κ1) is 12.5. The molecule has 0 saturated heterocycles. The van der Waals surface area contributed by atoms with Gasteiger partial charge in [0.15, 0.2) is 0 Å². The van der Waals surface area contributed by atoms with Crippen molar-refractivity contribution in [3.63, 3.8) is 0 Å². The van der Waals surface area contributed by atoms with Crippen LogP contribution in [0.15, 0.2) is 12.3 Å². The second-order valence-corrected chi connectivity index (χ2v) is 4.88. The van der Waals surface area contributed by atoms with E-state index < -0.39 is 0 Å². The first-order valence-corrected chi connectivity index (χ1v) is 6.32. The van der Waals surface area contributed by atoms with Crippen LogP contribution in [0.2, 0.25) is 5.02 Å². The lowest BCUT2D eigenvalue weighted by Gasteiger charge is -2.15. The minimum atomic E-state index is -0.191. The van der Waals surface area contributed by atoms with Crippen molar-refractivity contribution in [3.8, 4) is 0 Å². The maximum Gasteiger partial charge on any atom is 0.268 e. The Morgan fingerprint density at radius 2 is 2.41 bits per heavy atom. The topological polar surface area (TPSA) is 54.3 Å². The Bertz CT molecular complexity index is 409. The average Bonchev–Trinajstić information content (AvgIpc) is 3.09. The van der Waals surface area contributed by atoms with Crippen molar-refractivity contribution in [1.29, 1.82) is 0 Å². The zero-order valence-corrected chi connectivity index (χ0v) is 10.6. The number of aliphatic hydroxyl groups is 1. The third-order valence-electron chi connectivity index (χ3n) is 3.04. The van der Waals surface area contributed by atoms with Crippen LogP contribution in [0.1, 0.15) is 42.7 Å². The van der Waals surface area contributed by atoms with Crippen molar-refractivity contribution in [3.05, 3.63) is 23.0 Å². The molecule has 0 aromatic carbocycles. The van der Waals surface area contributed by atoms with E-state index in [4.69, 9.17) is 16.7 Å². The molecule has 1 saturated carbocycles. The minimum Gasteiger partial charge on any atom is -0.394 e. The number of amides is 1. The molecule has 0 unspecified atom stereocenters. The van der Waals surface area contributed by atoms with E-state index in [-0.39, 0.29) is 18.6 Å². The maximum atomic E-state index is 12.0. The van der Waals surface area contributed by atoms with Gasteiger partial charge in [0, 0.05) is 12.2 Å². The Morgan fingerprint density at radius 3 is 2.94 bits per heavy atom. The van der Waals surface area contributed by atoms with E-state index in [1.54, 1.807) is 12.3 Å². The molecule has 0 bridgehead atoms. The molecule has 1 fully saturated rings. The number of carbonyl (C=O) groups excluding carboxylic acids is 1. The number of nitrogens with one attached hydrogen (secondary N) is 1. The molecule has 1 aromatic rings. The third kappa shape index (κ3) is 2.82. The van der Waals surface area contributed by atoms with Crippen LogP contribution in [0.5, 0.6) is 0 Å². The number of hydrogen-bond donors (Lipinski definition) is 2. The van der Waals surface area contributed by atoms with Crippen molar-refractivity contribution in [1.82, 2.24) is 9.88 Å². The summed E-state index contributed by atoms with van der Waals surface area (Å²) in [6.07, 6.45) is 4.71. The summed E-state index contributed by atoms with van der Waals surface area (Å²) in [5, 5.41) is 12.5. The van der Waals surface area contributed by atoms with Crippen molar-refractivity contribution in [2.45, 2.75) is 38.3 Å². The highest BCUT2D eigenvalue weighted by molar-refractivity contribution is 6.31. The van der Waals surface area contributed by atoms with Gasteiger partial charge < -0.3 is 15.0 Å². The summed E-state index contributed by atoms with van der Waals surface area (Å²) in [4.78, 5) is 12.0. The molecular formula is C12H17ClN2O2. The summed E-state index contributed by atoms with van der Waals surface area (Å²) < 4.78 is 1.93. The molecule has 1 aliphatic carbocycles. The predicted molar refractivity (Wildman–Crippen MR) is 66.3 cm³/mol. The highest BCUT2D eigenvalue weighted by Gasteiger charge is 2.28. The van der Waals surface area contributed by atoms with Crippen LogP contribution in [0.3, 0.4) is 0 Å². The molecule has 1 aliphatic rings. The van der Waals surface area contributed by atoms with Gasteiger partial charge in [-0.1, -0.05) is 18.5 Å². The maximum absolute atomic E-state index is 12.0. The largest absolute Gasteiger partial charge is 0.394 e. The standard InChI is InChI=1S/C12H17ClN2O2/c1-2-9(7-16)14-12(17)11-5-8(13)6-15(11)10-3-4-10/h5-6,9-10,16H,2-4,7H2,1H3,(H,14,17)/t9-/m0/s1. The first-order valence-electron chi connectivity index (χ1n) is 5.94. The van der Waals surface area contributed by atoms with E-state index in [9.17, 15) is 4.79 Å². The lowest BCUT2D eigenvalue weighted by molar-refractivity contribution is 0.0905. The van der Waals surface area contributed by atoms with E-state index in [0.717, 1.165) is 12.8 Å². The van der Waals surface area contributed by atoms with E-state index in [0.29, 0.717) is 23.2 Å². The number of aliphatic hydroxyl groups excluding tert-OH is 1. The molecular weight excluding hydrogens is 240 g/mol. The van der Waals surface area contributed by atoms with Gasteiger partial charge in [-0.05, 0) is 25.3 Å². The van der Waals surface area contributed by atoms with Crippen molar-refractivity contribution in [2.75, 3.05) is 6.61 Å². The molecule has 1 aromatic heterocycles. The molecule has 2 rings (SSSR count). The van der Waals surface area contributed by atoms with Gasteiger partial charge in [0.25, 0.3) is 5.91 Å². The van der Waals surface area contributed by atoms with Crippen LogP contribution in [0.25, 0.3) is 0 Å². The molecule has 94 valence electrons. The molecule has 0 spiro atoms. The fourth-order valence-corrected chi connectivity index (χ4v) is 2.03. The summed E-state index contributed by atoms with van der Waals surface area (Å²) >= 11 is 5.94. The van der Waals surface area contributed by atoms with Crippen LogP contribution >= 0.6 is 11.6 Å². The number of halogens is 1. The average molecular weight is 257 g/mol. The quantitative estimate of drug-likeness (QED) is 0.846. The Kier molecular flexibility index (Phi) is 3.74. The lowest BCUT2D eigenvalue weighted by atomic mass is 10.2. The van der Waals surface area contributed by atoms with Gasteiger partial charge in [0.2, 0.25) is 0 Å². The first-order chi connectivity index (χ1) is 8.15. The fourth-order valence-electron chi connectivity index (χ4n) is 1.82. The predicted octanol–water partition coefficient (Wildman–Crippen LogP) is 1.98. The normalized spacial score (nSPS) is 16.9. The van der Waals surface area contributed by atoms with Gasteiger partial charge in [-0.3, -0.25) is 4.79 Å². The van der Waals surface area contributed by atoms with E-state index in [1.807, 2.05) is 11.5 Å². The van der Waals surface area contributed by atoms with E-state index >= 15 is 0 Å². The summed E-state index contributed by atoms with van der Waals surface area (Å²) in [5.41, 5.74) is 0.587. The molecule has 4 nitrogen and oxygen atoms in total. The molecule has 1 amide bonds. The smallest absolute Gasteiger partial charge is 0.268 e. The van der Waals surface area contributed by atoms with Crippen LogP contribution < -0.4 is 5.32 Å². The van der Waals surface area contributed by atoms with Gasteiger partial charge in [-0.25, -0.2) is 0 Å². The number of carbonyl (C=O) groups is 1. The van der Waals surface area contributed by atoms with E-state index in [2.05, 4.69) is 5.32 Å². The lowest BCUT2D eigenvalue weighted by Crippen LogP contribution is -2.37. The van der Waals surface area contributed by atoms with Crippen LogP contribution in [0, 0.1) is 0 Å². The van der Waals surface area contributed by atoms with Gasteiger partial charge in [0.05, 0.1) is 17.7 Å². The fraction of sp³-hybridized carbons (Fsp3) is 0.583. The summed E-state index contributed by atoms with van der Waals surface area (Å²) in [6.45, 7) is 1.88. The Hall–Kier alpha value is -1.00. The van der Waals surface area contributed by atoms with Crippen molar-refractivity contribution in [2.24, 2.45) is 0 Å². The molecule has 5 heteroatoms. The molecule has 1 atom stereocenters. The number of aromatic nitrogens is 1. The molecule has 17 heavy (non-hydrogen) atoms. The summed E-state index contributed by atoms with van der Waals surface area (Å²) in [5.74, 6) is -0.162. The van der Waals surface area contributed by atoms with Gasteiger partial charge in [0.1, 0.15) is 5.69 Å². The Labute approximate surface area is 106 Å². The summed E-state index contributed by atoms with van der Waals surface area (Å²) in [7, 11) is 0. The highest BCUT2D eigenvalue weighted by Crippen LogP contribution is 2.37. The van der Waals surface area contributed by atoms with E-state index in [1.165, 1.54) is 0 Å². The van der Waals surface area contributed by atoms with Crippen LogP contribution in [-0.2, 0) is 0 Å². The van der Waals surface area contributed by atoms with Gasteiger partial charge in [-0.2, -0.15) is 0 Å². The third-order valence-corrected chi connectivity index (χ3v) is 3.24. The summed E-state index contributed by atoms with van der Waals surface area (Å²) in [6, 6.07) is 1.90. The molecule has 0 aliphatic heterocycles. The number of hydrogen-bond acceptors (Lipinski definition) is 2. The SMILES string of the molecule is CC[C@@H](CO)NC(=O)c1cc(Cl)cn1C1CC1. The van der Waals surface area contributed by atoms with Crippen LogP contribution in [-0.4, -0.2) is 28.2 Å². The molecule has 0 radical (unpaired) electrons. The molecule has 2 N–H and O–H groups in total. The highest BCUT2D eigenvalue weighted by atomic mass is 35.5. The van der Waals surface area contributed by atoms with Crippen LogP contribution in [0.4, 0.5) is 0 Å². The zero-order chi connectivity index (χ0) is 12.4.